The van der Waals surface area contributed by atoms with E-state index in [-0.39, 0.29) is 5.56 Å². The molecule has 136 valence electrons. The maximum atomic E-state index is 12.6. The molecule has 3 N–H and O–H groups in total. The van der Waals surface area contributed by atoms with Gasteiger partial charge in [0.2, 0.25) is 0 Å². The molecule has 8 nitrogen and oxygen atoms in total. The van der Waals surface area contributed by atoms with Crippen molar-refractivity contribution in [2.75, 3.05) is 17.7 Å². The molecule has 0 aliphatic carbocycles. The second kappa shape index (κ2) is 6.91. The molecular weight excluding hydrogens is 344 g/mol. The summed E-state index contributed by atoms with van der Waals surface area (Å²) in [5.41, 5.74) is 2.21. The zero-order valence-electron chi connectivity index (χ0n) is 14.9. The van der Waals surface area contributed by atoms with Gasteiger partial charge >= 0.3 is 5.96 Å². The molecule has 1 atom stereocenters. The van der Waals surface area contributed by atoms with Crippen molar-refractivity contribution in [1.29, 1.82) is 0 Å². The third-order valence-electron chi connectivity index (χ3n) is 4.22. The Balaban J connectivity index is 1.74. The molecule has 3 heterocycles. The zero-order valence-corrected chi connectivity index (χ0v) is 14.9. The SMILES string of the molecule is COc1ccc(NC2=[NH+][C@H](c3cccnc3)n3c(nc(C)cc3=O)N2)cc1. The van der Waals surface area contributed by atoms with E-state index in [4.69, 9.17) is 4.74 Å². The standard InChI is InChI=1S/C19H18N6O2/c1-12-10-16(26)25-17(13-4-3-9-20-11-13)23-18(24-19(25)21-12)22-14-5-7-15(27-2)8-6-14/h3-11,17H,1-2H3,(H2,21,22,23,24)/p+1/t17-/m0/s1. The summed E-state index contributed by atoms with van der Waals surface area (Å²) in [5.74, 6) is 1.85. The number of nitrogens with zero attached hydrogens (tertiary/aromatic N) is 3. The summed E-state index contributed by atoms with van der Waals surface area (Å²) in [5, 5.41) is 6.42. The third-order valence-corrected chi connectivity index (χ3v) is 4.22. The normalized spacial score (nSPS) is 15.3. The number of fused-ring (bicyclic) bond motifs is 1. The van der Waals surface area contributed by atoms with Crippen LogP contribution in [0.5, 0.6) is 5.75 Å². The van der Waals surface area contributed by atoms with Crippen molar-refractivity contribution >= 4 is 17.6 Å². The molecule has 0 amide bonds. The fraction of sp³-hybridized carbons (Fsp3) is 0.158. The number of ether oxygens (including phenoxy) is 1. The Morgan fingerprint density at radius 3 is 2.78 bits per heavy atom. The van der Waals surface area contributed by atoms with E-state index in [1.807, 2.05) is 36.4 Å². The molecule has 4 rings (SSSR count). The van der Waals surface area contributed by atoms with Crippen LogP contribution in [0.1, 0.15) is 17.4 Å². The summed E-state index contributed by atoms with van der Waals surface area (Å²) in [7, 11) is 1.63. The number of pyridine rings is 1. The highest BCUT2D eigenvalue weighted by Crippen LogP contribution is 2.17. The molecule has 0 spiro atoms. The molecule has 1 aliphatic rings. The van der Waals surface area contributed by atoms with Crippen molar-refractivity contribution in [3.05, 3.63) is 76.5 Å². The van der Waals surface area contributed by atoms with Crippen LogP contribution in [-0.4, -0.2) is 27.6 Å². The summed E-state index contributed by atoms with van der Waals surface area (Å²) in [6, 6.07) is 12.8. The van der Waals surface area contributed by atoms with Gasteiger partial charge in [0.05, 0.1) is 12.8 Å². The fourth-order valence-electron chi connectivity index (χ4n) is 2.95. The topological polar surface area (TPSA) is 95.0 Å². The van der Waals surface area contributed by atoms with Gasteiger partial charge in [-0.15, -0.1) is 0 Å². The summed E-state index contributed by atoms with van der Waals surface area (Å²) < 4.78 is 6.76. The Morgan fingerprint density at radius 2 is 2.07 bits per heavy atom. The van der Waals surface area contributed by atoms with Crippen molar-refractivity contribution < 1.29 is 9.73 Å². The number of aryl methyl sites for hydroxylation is 1. The van der Waals surface area contributed by atoms with Gasteiger partial charge in [-0.05, 0) is 37.3 Å². The second-order valence-corrected chi connectivity index (χ2v) is 6.12. The van der Waals surface area contributed by atoms with Crippen LogP contribution in [0.4, 0.5) is 11.6 Å². The minimum absolute atomic E-state index is 0.144. The van der Waals surface area contributed by atoms with Crippen LogP contribution in [0.3, 0.4) is 0 Å². The van der Waals surface area contributed by atoms with Gasteiger partial charge in [0.25, 0.3) is 11.5 Å². The predicted molar refractivity (Wildman–Crippen MR) is 102 cm³/mol. The van der Waals surface area contributed by atoms with E-state index >= 15 is 0 Å². The Kier molecular flexibility index (Phi) is 4.29. The summed E-state index contributed by atoms with van der Waals surface area (Å²) in [6.45, 7) is 1.79. The second-order valence-electron chi connectivity index (χ2n) is 6.12. The van der Waals surface area contributed by atoms with E-state index in [1.165, 1.54) is 6.07 Å². The Hall–Kier alpha value is -3.68. The van der Waals surface area contributed by atoms with Gasteiger partial charge in [0, 0.05) is 29.7 Å². The van der Waals surface area contributed by atoms with Crippen molar-refractivity contribution in [3.8, 4) is 5.75 Å². The Morgan fingerprint density at radius 1 is 1.26 bits per heavy atom. The van der Waals surface area contributed by atoms with E-state index in [1.54, 1.807) is 31.0 Å². The highest BCUT2D eigenvalue weighted by Gasteiger charge is 2.29. The maximum Gasteiger partial charge on any atom is 0.357 e. The van der Waals surface area contributed by atoms with Crippen LogP contribution in [-0.2, 0) is 0 Å². The van der Waals surface area contributed by atoms with E-state index in [0.717, 1.165) is 17.0 Å². The molecule has 0 unspecified atom stereocenters. The monoisotopic (exact) mass is 363 g/mol. The largest absolute Gasteiger partial charge is 0.497 e. The van der Waals surface area contributed by atoms with Gasteiger partial charge in [-0.25, -0.2) is 20.2 Å². The molecular formula is C19H19N6O2+. The van der Waals surface area contributed by atoms with Crippen molar-refractivity contribution in [3.63, 3.8) is 0 Å². The third kappa shape index (κ3) is 3.37. The molecule has 1 aliphatic heterocycles. The van der Waals surface area contributed by atoms with Gasteiger partial charge in [-0.1, -0.05) is 6.07 Å². The number of rotatable bonds is 3. The number of hydrogen-bond donors (Lipinski definition) is 3. The molecule has 0 bridgehead atoms. The van der Waals surface area contributed by atoms with E-state index in [9.17, 15) is 4.79 Å². The molecule has 27 heavy (non-hydrogen) atoms. The smallest absolute Gasteiger partial charge is 0.357 e. The van der Waals surface area contributed by atoms with Gasteiger partial charge in [-0.2, -0.15) is 0 Å². The minimum atomic E-state index is -0.434. The average molecular weight is 363 g/mol. The van der Waals surface area contributed by atoms with E-state index < -0.39 is 6.17 Å². The molecule has 2 aromatic heterocycles. The Labute approximate surface area is 155 Å². The summed E-state index contributed by atoms with van der Waals surface area (Å²) in [6.07, 6.45) is 2.99. The van der Waals surface area contributed by atoms with Gasteiger partial charge < -0.3 is 4.74 Å². The number of guanidine groups is 1. The molecule has 0 saturated heterocycles. The minimum Gasteiger partial charge on any atom is -0.497 e. The number of methoxy groups -OCH3 is 1. The molecule has 0 saturated carbocycles. The lowest BCUT2D eigenvalue weighted by Gasteiger charge is -2.22. The predicted octanol–water partition coefficient (Wildman–Crippen LogP) is 0.476. The van der Waals surface area contributed by atoms with Crippen LogP contribution in [0.2, 0.25) is 0 Å². The van der Waals surface area contributed by atoms with Crippen molar-refractivity contribution in [2.45, 2.75) is 13.1 Å². The fourth-order valence-corrected chi connectivity index (χ4v) is 2.95. The average Bonchev–Trinajstić information content (AvgIpc) is 2.68. The lowest BCUT2D eigenvalue weighted by molar-refractivity contribution is -0.520. The first-order valence-corrected chi connectivity index (χ1v) is 8.46. The summed E-state index contributed by atoms with van der Waals surface area (Å²) >= 11 is 0. The number of aromatic nitrogens is 3. The van der Waals surface area contributed by atoms with Crippen LogP contribution in [0.15, 0.2) is 59.7 Å². The van der Waals surface area contributed by atoms with Crippen molar-refractivity contribution in [1.82, 2.24) is 14.5 Å². The van der Waals surface area contributed by atoms with Crippen LogP contribution >= 0.6 is 0 Å². The summed E-state index contributed by atoms with van der Waals surface area (Å²) in [4.78, 5) is 24.5. The zero-order chi connectivity index (χ0) is 18.8. The van der Waals surface area contributed by atoms with Crippen LogP contribution < -0.4 is 25.9 Å². The number of benzene rings is 1. The van der Waals surface area contributed by atoms with Crippen molar-refractivity contribution in [2.24, 2.45) is 0 Å². The number of hydrogen-bond acceptors (Lipinski definition) is 6. The van der Waals surface area contributed by atoms with E-state index in [0.29, 0.717) is 17.6 Å². The highest BCUT2D eigenvalue weighted by molar-refractivity contribution is 5.99. The number of anilines is 2. The van der Waals surface area contributed by atoms with E-state index in [2.05, 4.69) is 25.6 Å². The highest BCUT2D eigenvalue weighted by atomic mass is 16.5. The molecule has 3 aromatic rings. The first-order chi connectivity index (χ1) is 13.1. The van der Waals surface area contributed by atoms with Gasteiger partial charge in [0.1, 0.15) is 5.75 Å². The van der Waals surface area contributed by atoms with Crippen LogP contribution in [0, 0.1) is 6.92 Å². The first-order valence-electron chi connectivity index (χ1n) is 8.46. The lowest BCUT2D eigenvalue weighted by Crippen LogP contribution is -2.82. The van der Waals surface area contributed by atoms with Gasteiger partial charge in [-0.3, -0.25) is 14.8 Å². The number of nitrogens with one attached hydrogen (secondary N) is 3. The lowest BCUT2D eigenvalue weighted by atomic mass is 10.2. The molecule has 1 aromatic carbocycles. The molecule has 0 fully saturated rings. The van der Waals surface area contributed by atoms with Gasteiger partial charge in [0.15, 0.2) is 6.17 Å². The quantitative estimate of drug-likeness (QED) is 0.626. The first kappa shape index (κ1) is 16.8. The maximum absolute atomic E-state index is 12.6. The Bertz CT molecular complexity index is 1040. The van der Waals surface area contributed by atoms with Crippen LogP contribution in [0.25, 0.3) is 0 Å². The molecule has 0 radical (unpaired) electrons. The molecule has 8 heteroatoms.